The lowest BCUT2D eigenvalue weighted by Gasteiger charge is -2.38. The van der Waals surface area contributed by atoms with Crippen molar-refractivity contribution in [2.24, 2.45) is 0 Å². The predicted molar refractivity (Wildman–Crippen MR) is 112 cm³/mol. The highest BCUT2D eigenvalue weighted by Gasteiger charge is 2.33. The average molecular weight is 409 g/mol. The molecule has 0 radical (unpaired) electrons. The molecule has 3 rings (SSSR count). The summed E-state index contributed by atoms with van der Waals surface area (Å²) in [6, 6.07) is 5.87. The van der Waals surface area contributed by atoms with E-state index in [0.717, 1.165) is 18.5 Å². The largest absolute Gasteiger partial charge is 0.325 e. The maximum Gasteiger partial charge on any atom is 0.282 e. The van der Waals surface area contributed by atoms with Gasteiger partial charge in [0.05, 0.1) is 6.04 Å². The molecule has 0 saturated carbocycles. The number of hydrogen-bond donors (Lipinski definition) is 1. The van der Waals surface area contributed by atoms with Crippen LogP contribution in [0.5, 0.6) is 0 Å². The summed E-state index contributed by atoms with van der Waals surface area (Å²) in [4.78, 5) is 14.8. The summed E-state index contributed by atoms with van der Waals surface area (Å²) >= 11 is 0. The minimum absolute atomic E-state index is 0.0435. The molecule has 8 heteroatoms. The normalized spacial score (nSPS) is 19.6. The van der Waals surface area contributed by atoms with Gasteiger partial charge in [-0.25, -0.2) is 0 Å². The molecule has 1 amide bonds. The molecular weight excluding hydrogens is 376 g/mol. The van der Waals surface area contributed by atoms with Crippen LogP contribution in [0.4, 0.5) is 5.69 Å². The van der Waals surface area contributed by atoms with Gasteiger partial charge >= 0.3 is 0 Å². The van der Waals surface area contributed by atoms with Gasteiger partial charge in [0.25, 0.3) is 10.2 Å². The number of hydrogen-bond acceptors (Lipinski definition) is 4. The summed E-state index contributed by atoms with van der Waals surface area (Å²) in [5.74, 6) is -0.0435. The Kier molecular flexibility index (Phi) is 6.75. The highest BCUT2D eigenvalue weighted by Crippen LogP contribution is 2.25. The predicted octanol–water partition coefficient (Wildman–Crippen LogP) is 1.71. The molecule has 1 N–H and O–H groups in total. The Morgan fingerprint density at radius 2 is 1.75 bits per heavy atom. The fourth-order valence-electron chi connectivity index (χ4n) is 4.10. The van der Waals surface area contributed by atoms with Crippen LogP contribution in [0, 0.1) is 0 Å². The standard InChI is InChI=1S/C20H32N4O3S/c1-4-23(5-2)28(26,27)24-13-11-22(12-14-24)16(3)20(25)21-19-10-9-17-7-6-8-18(17)15-19/h9-10,15-16H,4-8,11-14H2,1-3H3,(H,21,25). The molecule has 28 heavy (non-hydrogen) atoms. The van der Waals surface area contributed by atoms with E-state index in [4.69, 9.17) is 0 Å². The fraction of sp³-hybridized carbons (Fsp3) is 0.650. The van der Waals surface area contributed by atoms with Crippen LogP contribution < -0.4 is 5.32 Å². The molecule has 1 aliphatic carbocycles. The Labute approximate surface area is 168 Å². The van der Waals surface area contributed by atoms with Gasteiger partial charge in [0.1, 0.15) is 0 Å². The minimum atomic E-state index is -3.41. The van der Waals surface area contributed by atoms with Crippen LogP contribution in [0.2, 0.25) is 0 Å². The molecule has 1 fully saturated rings. The number of anilines is 1. The summed E-state index contributed by atoms with van der Waals surface area (Å²) in [5, 5.41) is 3.03. The number of carbonyl (C=O) groups excluding carboxylic acids is 1. The first-order valence-corrected chi connectivity index (χ1v) is 11.7. The van der Waals surface area contributed by atoms with Crippen LogP contribution in [0.25, 0.3) is 0 Å². The van der Waals surface area contributed by atoms with Gasteiger partial charge in [-0.1, -0.05) is 19.9 Å². The first-order chi connectivity index (χ1) is 13.4. The second-order valence-electron chi connectivity index (χ2n) is 7.53. The smallest absolute Gasteiger partial charge is 0.282 e. The van der Waals surface area contributed by atoms with Gasteiger partial charge < -0.3 is 5.32 Å². The topological polar surface area (TPSA) is 73.0 Å². The molecule has 1 unspecified atom stereocenters. The monoisotopic (exact) mass is 408 g/mol. The van der Waals surface area contributed by atoms with Gasteiger partial charge in [-0.3, -0.25) is 9.69 Å². The molecule has 2 aliphatic rings. The van der Waals surface area contributed by atoms with E-state index in [1.54, 1.807) is 0 Å². The molecule has 1 aliphatic heterocycles. The van der Waals surface area contributed by atoms with Crippen molar-refractivity contribution in [3.8, 4) is 0 Å². The summed E-state index contributed by atoms with van der Waals surface area (Å²) in [6.45, 7) is 8.46. The minimum Gasteiger partial charge on any atom is -0.325 e. The van der Waals surface area contributed by atoms with E-state index in [9.17, 15) is 13.2 Å². The third-order valence-corrected chi connectivity index (χ3v) is 8.11. The van der Waals surface area contributed by atoms with Crippen molar-refractivity contribution in [3.63, 3.8) is 0 Å². The molecule has 1 aromatic rings. The van der Waals surface area contributed by atoms with Gasteiger partial charge in [-0.2, -0.15) is 17.0 Å². The zero-order chi connectivity index (χ0) is 20.3. The molecule has 1 saturated heterocycles. The zero-order valence-electron chi connectivity index (χ0n) is 17.1. The molecule has 1 aromatic carbocycles. The second kappa shape index (κ2) is 8.90. The number of aryl methyl sites for hydroxylation is 2. The van der Waals surface area contributed by atoms with Crippen LogP contribution in [0.1, 0.15) is 38.3 Å². The number of rotatable bonds is 7. The third-order valence-electron chi connectivity index (χ3n) is 5.92. The van der Waals surface area contributed by atoms with Crippen LogP contribution >= 0.6 is 0 Å². The number of amides is 1. The summed E-state index contributed by atoms with van der Waals surface area (Å²) in [6.07, 6.45) is 3.39. The van der Waals surface area contributed by atoms with Crippen LogP contribution in [0.3, 0.4) is 0 Å². The molecule has 7 nitrogen and oxygen atoms in total. The molecule has 1 heterocycles. The van der Waals surface area contributed by atoms with Gasteiger partial charge in [-0.05, 0) is 49.4 Å². The molecule has 156 valence electrons. The molecular formula is C20H32N4O3S. The Balaban J connectivity index is 1.56. The van der Waals surface area contributed by atoms with Crippen LogP contribution in [-0.2, 0) is 27.8 Å². The van der Waals surface area contributed by atoms with E-state index in [-0.39, 0.29) is 11.9 Å². The van der Waals surface area contributed by atoms with E-state index in [0.29, 0.717) is 39.3 Å². The Bertz CT molecular complexity index is 800. The number of carbonyl (C=O) groups is 1. The lowest BCUT2D eigenvalue weighted by atomic mass is 10.1. The van der Waals surface area contributed by atoms with Crippen molar-refractivity contribution in [1.82, 2.24) is 13.5 Å². The van der Waals surface area contributed by atoms with Gasteiger partial charge in [0.2, 0.25) is 5.91 Å². The van der Waals surface area contributed by atoms with Crippen LogP contribution in [0.15, 0.2) is 18.2 Å². The van der Waals surface area contributed by atoms with E-state index >= 15 is 0 Å². The molecule has 0 aromatic heterocycles. The van der Waals surface area contributed by atoms with E-state index < -0.39 is 10.2 Å². The number of nitrogens with zero attached hydrogens (tertiary/aromatic N) is 3. The highest BCUT2D eigenvalue weighted by molar-refractivity contribution is 7.86. The van der Waals surface area contributed by atoms with Crippen molar-refractivity contribution < 1.29 is 13.2 Å². The van der Waals surface area contributed by atoms with Gasteiger partial charge in [0.15, 0.2) is 0 Å². The summed E-state index contributed by atoms with van der Waals surface area (Å²) in [7, 11) is -3.41. The average Bonchev–Trinajstić information content (AvgIpc) is 3.16. The number of nitrogens with one attached hydrogen (secondary N) is 1. The highest BCUT2D eigenvalue weighted by atomic mass is 32.2. The third kappa shape index (κ3) is 4.40. The molecule has 1 atom stereocenters. The fourth-order valence-corrected chi connectivity index (χ4v) is 5.70. The zero-order valence-corrected chi connectivity index (χ0v) is 18.0. The molecule has 0 spiro atoms. The summed E-state index contributed by atoms with van der Waals surface area (Å²) < 4.78 is 28.3. The van der Waals surface area contributed by atoms with Crippen molar-refractivity contribution in [1.29, 1.82) is 0 Å². The Morgan fingerprint density at radius 1 is 1.11 bits per heavy atom. The first-order valence-electron chi connectivity index (χ1n) is 10.3. The maximum atomic E-state index is 12.7. The van der Waals surface area contributed by atoms with Crippen molar-refractivity contribution in [2.75, 3.05) is 44.6 Å². The number of piperazine rings is 1. The van der Waals surface area contributed by atoms with Crippen molar-refractivity contribution in [2.45, 2.75) is 46.1 Å². The van der Waals surface area contributed by atoms with E-state index in [2.05, 4.69) is 22.3 Å². The second-order valence-corrected chi connectivity index (χ2v) is 9.46. The van der Waals surface area contributed by atoms with Gasteiger partial charge in [0, 0.05) is 45.0 Å². The quantitative estimate of drug-likeness (QED) is 0.745. The first kappa shape index (κ1) is 21.2. The SMILES string of the molecule is CCN(CC)S(=O)(=O)N1CCN(C(C)C(=O)Nc2ccc3c(c2)CCC3)CC1. The maximum absolute atomic E-state index is 12.7. The van der Waals surface area contributed by atoms with Crippen LogP contribution in [-0.4, -0.2) is 73.1 Å². The van der Waals surface area contributed by atoms with Crippen molar-refractivity contribution in [3.05, 3.63) is 29.3 Å². The Morgan fingerprint density at radius 3 is 2.39 bits per heavy atom. The Hall–Kier alpha value is -1.48. The number of benzene rings is 1. The van der Waals surface area contributed by atoms with E-state index in [1.165, 1.54) is 26.2 Å². The van der Waals surface area contributed by atoms with E-state index in [1.807, 2.05) is 26.8 Å². The summed E-state index contributed by atoms with van der Waals surface area (Å²) in [5.41, 5.74) is 3.57. The lowest BCUT2D eigenvalue weighted by molar-refractivity contribution is -0.121. The van der Waals surface area contributed by atoms with Crippen molar-refractivity contribution >= 4 is 21.8 Å². The van der Waals surface area contributed by atoms with Gasteiger partial charge in [-0.15, -0.1) is 0 Å². The number of fused-ring (bicyclic) bond motifs is 1. The molecule has 0 bridgehead atoms. The lowest BCUT2D eigenvalue weighted by Crippen LogP contribution is -2.56.